The summed E-state index contributed by atoms with van der Waals surface area (Å²) in [6, 6.07) is 3.07. The van der Waals surface area contributed by atoms with Gasteiger partial charge in [-0.05, 0) is 13.0 Å². The zero-order chi connectivity index (χ0) is 14.0. The van der Waals surface area contributed by atoms with E-state index in [1.54, 1.807) is 6.92 Å². The van der Waals surface area contributed by atoms with E-state index in [0.29, 0.717) is 5.69 Å². The Kier molecular flexibility index (Phi) is 3.30. The van der Waals surface area contributed by atoms with E-state index in [4.69, 9.17) is 10.6 Å². The summed E-state index contributed by atoms with van der Waals surface area (Å²) in [6.07, 6.45) is -4.52. The zero-order valence-electron chi connectivity index (χ0n) is 9.75. The smallest absolute Gasteiger partial charge is 0.416 e. The molecule has 0 amide bonds. The van der Waals surface area contributed by atoms with Crippen molar-refractivity contribution < 1.29 is 17.9 Å². The number of alkyl halides is 3. The molecular formula is C10H10F3N5O. The third kappa shape index (κ3) is 3.13. The average molecular weight is 273 g/mol. The van der Waals surface area contributed by atoms with Crippen molar-refractivity contribution in [2.75, 3.05) is 5.43 Å². The summed E-state index contributed by atoms with van der Waals surface area (Å²) in [5.74, 6) is 4.78. The molecule has 4 N–H and O–H groups in total. The summed E-state index contributed by atoms with van der Waals surface area (Å²) in [7, 11) is 0. The van der Waals surface area contributed by atoms with Gasteiger partial charge in [0.2, 0.25) is 11.8 Å². The number of H-pyrrole nitrogens is 1. The van der Waals surface area contributed by atoms with Gasteiger partial charge in [-0.1, -0.05) is 0 Å². The molecule has 19 heavy (non-hydrogen) atoms. The van der Waals surface area contributed by atoms with Gasteiger partial charge in [0.1, 0.15) is 5.82 Å². The molecule has 0 aromatic carbocycles. The molecule has 6 nitrogen and oxygen atoms in total. The maximum Gasteiger partial charge on any atom is 0.416 e. The molecule has 0 fully saturated rings. The van der Waals surface area contributed by atoms with Crippen LogP contribution in [0.3, 0.4) is 0 Å². The first kappa shape index (κ1) is 13.1. The fourth-order valence-electron chi connectivity index (χ4n) is 1.35. The van der Waals surface area contributed by atoms with Gasteiger partial charge in [0.25, 0.3) is 0 Å². The van der Waals surface area contributed by atoms with Crippen LogP contribution >= 0.6 is 0 Å². The number of halogens is 3. The van der Waals surface area contributed by atoms with E-state index in [2.05, 4.69) is 20.6 Å². The summed E-state index contributed by atoms with van der Waals surface area (Å²) in [6.45, 7) is 1.73. The first-order valence-electron chi connectivity index (χ1n) is 5.14. The minimum Gasteiger partial charge on any atom is -0.419 e. The number of hydrogen-bond acceptors (Lipinski definition) is 5. The molecule has 102 valence electrons. The third-order valence-corrected chi connectivity index (χ3v) is 2.17. The molecular weight excluding hydrogens is 263 g/mol. The number of nitrogen functional groups attached to an aromatic ring is 1. The Morgan fingerprint density at radius 2 is 2.00 bits per heavy atom. The molecule has 0 radical (unpaired) electrons. The number of nitrogens with zero attached hydrogens (tertiary/aromatic N) is 2. The van der Waals surface area contributed by atoms with E-state index in [9.17, 15) is 13.2 Å². The molecule has 0 aliphatic rings. The van der Waals surface area contributed by atoms with E-state index in [0.717, 1.165) is 12.1 Å². The fourth-order valence-corrected chi connectivity index (χ4v) is 1.35. The summed E-state index contributed by atoms with van der Waals surface area (Å²) in [4.78, 5) is 3.76. The van der Waals surface area contributed by atoms with Crippen molar-refractivity contribution in [3.63, 3.8) is 0 Å². The van der Waals surface area contributed by atoms with Gasteiger partial charge in [-0.2, -0.15) is 18.2 Å². The quantitative estimate of drug-likeness (QED) is 0.589. The summed E-state index contributed by atoms with van der Waals surface area (Å²) in [5.41, 5.74) is 1.84. The molecule has 0 saturated carbocycles. The molecule has 0 aliphatic heterocycles. The summed E-state index contributed by atoms with van der Waals surface area (Å²) < 4.78 is 43.1. The van der Waals surface area contributed by atoms with Crippen molar-refractivity contribution in [2.24, 2.45) is 5.84 Å². The Balaban J connectivity index is 2.34. The molecule has 0 bridgehead atoms. The van der Waals surface area contributed by atoms with Crippen molar-refractivity contribution in [1.82, 2.24) is 15.2 Å². The van der Waals surface area contributed by atoms with Crippen LogP contribution < -0.4 is 16.0 Å². The van der Waals surface area contributed by atoms with Crippen LogP contribution in [0.15, 0.2) is 18.2 Å². The van der Waals surface area contributed by atoms with Gasteiger partial charge in [0.15, 0.2) is 0 Å². The Morgan fingerprint density at radius 3 is 2.53 bits per heavy atom. The lowest BCUT2D eigenvalue weighted by Gasteiger charge is -2.10. The minimum absolute atomic E-state index is 0.118. The second kappa shape index (κ2) is 4.76. The van der Waals surface area contributed by atoms with Crippen LogP contribution in [0.5, 0.6) is 11.8 Å². The van der Waals surface area contributed by atoms with Gasteiger partial charge in [-0.25, -0.2) is 5.84 Å². The van der Waals surface area contributed by atoms with E-state index in [1.807, 2.05) is 0 Å². The molecule has 2 aromatic heterocycles. The van der Waals surface area contributed by atoms with E-state index in [1.165, 1.54) is 6.07 Å². The van der Waals surface area contributed by atoms with Crippen molar-refractivity contribution in [2.45, 2.75) is 13.1 Å². The predicted molar refractivity (Wildman–Crippen MR) is 60.4 cm³/mol. The first-order chi connectivity index (χ1) is 8.88. The number of aromatic nitrogens is 3. The van der Waals surface area contributed by atoms with E-state index >= 15 is 0 Å². The summed E-state index contributed by atoms with van der Waals surface area (Å²) in [5, 5.41) is 6.34. The maximum atomic E-state index is 12.7. The zero-order valence-corrected chi connectivity index (χ0v) is 9.75. The monoisotopic (exact) mass is 273 g/mol. The number of ether oxygens (including phenoxy) is 1. The summed E-state index contributed by atoms with van der Waals surface area (Å²) >= 11 is 0. The predicted octanol–water partition coefficient (Wildman–Crippen LogP) is 2.21. The first-order valence-corrected chi connectivity index (χ1v) is 5.14. The average Bonchev–Trinajstić information content (AvgIpc) is 2.73. The van der Waals surface area contributed by atoms with Crippen LogP contribution in [-0.2, 0) is 6.18 Å². The van der Waals surface area contributed by atoms with Crippen LogP contribution in [-0.4, -0.2) is 15.2 Å². The molecule has 2 rings (SSSR count). The molecule has 0 spiro atoms. The molecule has 0 saturated heterocycles. The van der Waals surface area contributed by atoms with Gasteiger partial charge in [0.05, 0.1) is 5.56 Å². The number of rotatable bonds is 3. The van der Waals surface area contributed by atoms with Crippen LogP contribution in [0.25, 0.3) is 0 Å². The molecule has 2 heterocycles. The van der Waals surface area contributed by atoms with Crippen LogP contribution in [0.4, 0.5) is 19.0 Å². The topological polar surface area (TPSA) is 88.8 Å². The number of hydrazine groups is 1. The van der Waals surface area contributed by atoms with Gasteiger partial charge in [0, 0.05) is 17.8 Å². The fraction of sp³-hybridized carbons (Fsp3) is 0.200. The highest BCUT2D eigenvalue weighted by Gasteiger charge is 2.32. The number of anilines is 1. The number of nitrogens with two attached hydrogens (primary N) is 1. The van der Waals surface area contributed by atoms with Crippen molar-refractivity contribution in [3.8, 4) is 11.8 Å². The molecule has 9 heteroatoms. The van der Waals surface area contributed by atoms with Crippen molar-refractivity contribution in [1.29, 1.82) is 0 Å². The SMILES string of the molecule is Cc1cc(Oc2cc(C(F)(F)F)cc(NN)n2)n[nH]1. The van der Waals surface area contributed by atoms with Crippen molar-refractivity contribution >= 4 is 5.82 Å². The Bertz CT molecular complexity index is 581. The highest BCUT2D eigenvalue weighted by atomic mass is 19.4. The number of aromatic amines is 1. The van der Waals surface area contributed by atoms with Crippen LogP contribution in [0.2, 0.25) is 0 Å². The molecule has 0 aliphatic carbocycles. The lowest BCUT2D eigenvalue weighted by atomic mass is 10.2. The highest BCUT2D eigenvalue weighted by Crippen LogP contribution is 2.33. The molecule has 2 aromatic rings. The van der Waals surface area contributed by atoms with Crippen LogP contribution in [0.1, 0.15) is 11.3 Å². The second-order valence-electron chi connectivity index (χ2n) is 3.71. The Labute approximate surface area is 105 Å². The van der Waals surface area contributed by atoms with Crippen LogP contribution in [0, 0.1) is 6.92 Å². The van der Waals surface area contributed by atoms with Gasteiger partial charge in [-0.15, -0.1) is 5.10 Å². The minimum atomic E-state index is -4.52. The number of nitrogens with one attached hydrogen (secondary N) is 2. The molecule has 0 unspecified atom stereocenters. The van der Waals surface area contributed by atoms with E-state index in [-0.39, 0.29) is 17.6 Å². The lowest BCUT2D eigenvalue weighted by Crippen LogP contribution is -2.12. The molecule has 0 atom stereocenters. The Morgan fingerprint density at radius 1 is 1.26 bits per heavy atom. The number of aryl methyl sites for hydroxylation is 1. The van der Waals surface area contributed by atoms with Gasteiger partial charge in [-0.3, -0.25) is 5.10 Å². The highest BCUT2D eigenvalue weighted by molar-refractivity contribution is 5.42. The second-order valence-corrected chi connectivity index (χ2v) is 3.71. The number of hydrogen-bond donors (Lipinski definition) is 3. The Hall–Kier alpha value is -2.29. The third-order valence-electron chi connectivity index (χ3n) is 2.17. The van der Waals surface area contributed by atoms with E-state index < -0.39 is 11.7 Å². The lowest BCUT2D eigenvalue weighted by molar-refractivity contribution is -0.137. The van der Waals surface area contributed by atoms with Crippen molar-refractivity contribution in [3.05, 3.63) is 29.5 Å². The maximum absolute atomic E-state index is 12.7. The largest absolute Gasteiger partial charge is 0.419 e. The van der Waals surface area contributed by atoms with Gasteiger partial charge < -0.3 is 10.2 Å². The normalized spacial score (nSPS) is 11.4. The van der Waals surface area contributed by atoms with Gasteiger partial charge >= 0.3 is 6.18 Å². The number of pyridine rings is 1. The standard InChI is InChI=1S/C10H10F3N5O/c1-5-2-9(18-17-5)19-8-4-6(10(11,12)13)3-7(15-8)16-14/h2-4H,14H2,1H3,(H,15,16)(H,17,18).